The first-order chi connectivity index (χ1) is 8.09. The molecule has 1 aliphatic heterocycles. The third-order valence-corrected chi connectivity index (χ3v) is 5.90. The van der Waals surface area contributed by atoms with E-state index in [-0.39, 0.29) is 0 Å². The topological polar surface area (TPSA) is 44.8 Å². The Morgan fingerprint density at radius 1 is 1.41 bits per heavy atom. The predicted octanol–water partition coefficient (Wildman–Crippen LogP) is 3.89. The predicted molar refractivity (Wildman–Crippen MR) is 74.4 cm³/mol. The summed E-state index contributed by atoms with van der Waals surface area (Å²) in [6.07, 6.45) is 0. The molecule has 0 N–H and O–H groups in total. The molecule has 1 atom stereocenters. The number of hydrogen-bond acceptors (Lipinski definition) is 6. The van der Waals surface area contributed by atoms with Gasteiger partial charge < -0.3 is 4.52 Å². The van der Waals surface area contributed by atoms with E-state index in [0.717, 1.165) is 5.75 Å². The molecule has 0 bridgehead atoms. The molecule has 1 unspecified atom stereocenters. The van der Waals surface area contributed by atoms with Crippen molar-refractivity contribution >= 4 is 31.3 Å². The van der Waals surface area contributed by atoms with E-state index < -0.39 is 7.82 Å². The first-order valence-electron chi connectivity index (χ1n) is 5.60. The van der Waals surface area contributed by atoms with Crippen molar-refractivity contribution in [2.45, 2.75) is 26.0 Å². The summed E-state index contributed by atoms with van der Waals surface area (Å²) in [5, 5.41) is 2.45. The van der Waals surface area contributed by atoms with E-state index in [1.807, 2.05) is 5.41 Å². The van der Waals surface area contributed by atoms with E-state index >= 15 is 0 Å². The zero-order valence-corrected chi connectivity index (χ0v) is 12.9. The molecule has 0 aromatic heterocycles. The highest BCUT2D eigenvalue weighted by atomic mass is 32.2. The lowest BCUT2D eigenvalue weighted by molar-refractivity contribution is 0.146. The minimum Gasteiger partial charge on any atom is -0.407 e. The van der Waals surface area contributed by atoms with Crippen LogP contribution < -0.4 is 0 Å². The van der Waals surface area contributed by atoms with Crippen LogP contribution in [-0.2, 0) is 18.1 Å². The largest absolute Gasteiger partial charge is 0.529 e. The lowest BCUT2D eigenvalue weighted by Gasteiger charge is -2.18. The van der Waals surface area contributed by atoms with Gasteiger partial charge in [0.15, 0.2) is 0 Å². The molecule has 100 valence electrons. The summed E-state index contributed by atoms with van der Waals surface area (Å²) in [5.41, 5.74) is 0. The summed E-state index contributed by atoms with van der Waals surface area (Å²) in [4.78, 5) is 0. The van der Waals surface area contributed by atoms with Crippen LogP contribution in [0.4, 0.5) is 0 Å². The monoisotopic (exact) mass is 298 g/mol. The van der Waals surface area contributed by atoms with Gasteiger partial charge >= 0.3 is 7.82 Å². The Kier molecular flexibility index (Phi) is 7.04. The van der Waals surface area contributed by atoms with Crippen LogP contribution in [0, 0.1) is 0 Å². The van der Waals surface area contributed by atoms with Crippen molar-refractivity contribution in [1.82, 2.24) is 0 Å². The van der Waals surface area contributed by atoms with Crippen LogP contribution in [-0.4, -0.2) is 30.0 Å². The van der Waals surface area contributed by atoms with Crippen molar-refractivity contribution in [2.24, 2.45) is 0 Å². The van der Waals surface area contributed by atoms with Crippen LogP contribution in [0.15, 0.2) is 11.2 Å². The number of rotatable bonds is 6. The van der Waals surface area contributed by atoms with E-state index in [0.29, 0.717) is 30.0 Å². The zero-order valence-electron chi connectivity index (χ0n) is 10.4. The summed E-state index contributed by atoms with van der Waals surface area (Å²) >= 11 is 3.45. The molecule has 0 fully saturated rings. The molecule has 4 nitrogen and oxygen atoms in total. The van der Waals surface area contributed by atoms with E-state index in [9.17, 15) is 4.57 Å². The molecule has 0 aromatic carbocycles. The van der Waals surface area contributed by atoms with Gasteiger partial charge in [0.25, 0.3) is 0 Å². The highest BCUT2D eigenvalue weighted by molar-refractivity contribution is 8.05. The molecule has 0 amide bonds. The maximum atomic E-state index is 12.1. The van der Waals surface area contributed by atoms with Crippen molar-refractivity contribution in [3.05, 3.63) is 11.2 Å². The van der Waals surface area contributed by atoms with Crippen LogP contribution in [0.2, 0.25) is 0 Å². The molecule has 0 aliphatic carbocycles. The lowest BCUT2D eigenvalue weighted by atomic mass is 10.6. The molecule has 1 aliphatic rings. The Bertz CT molecular complexity index is 299. The lowest BCUT2D eigenvalue weighted by Crippen LogP contribution is -2.01. The molecule has 1 rings (SSSR count). The molecule has 0 radical (unpaired) electrons. The van der Waals surface area contributed by atoms with Crippen molar-refractivity contribution < 1.29 is 18.1 Å². The zero-order chi connectivity index (χ0) is 12.7. The molecule has 0 aromatic rings. The fourth-order valence-corrected chi connectivity index (χ4v) is 4.58. The summed E-state index contributed by atoms with van der Waals surface area (Å²) in [6, 6.07) is 0. The van der Waals surface area contributed by atoms with Gasteiger partial charge in [-0.1, -0.05) is 6.92 Å². The normalized spacial score (nSPS) is 21.8. The minimum atomic E-state index is -3.42. The second-order valence-corrected chi connectivity index (χ2v) is 7.36. The highest BCUT2D eigenvalue weighted by Gasteiger charge is 2.28. The Hall–Kier alpha value is 0.390. The van der Waals surface area contributed by atoms with Gasteiger partial charge in [0.2, 0.25) is 0 Å². The van der Waals surface area contributed by atoms with Gasteiger partial charge in [-0.2, -0.15) is 11.8 Å². The Morgan fingerprint density at radius 2 is 2.06 bits per heavy atom. The SMILES string of the molecule is CCOP(=O)(OCC)OC1=CSC(C)CSC1. The quantitative estimate of drug-likeness (QED) is 0.693. The fraction of sp³-hybridized carbons (Fsp3) is 0.800. The minimum absolute atomic E-state index is 0.307. The first kappa shape index (κ1) is 15.4. The highest BCUT2D eigenvalue weighted by Crippen LogP contribution is 2.52. The second kappa shape index (κ2) is 7.74. The van der Waals surface area contributed by atoms with Crippen LogP contribution in [0.25, 0.3) is 0 Å². The third kappa shape index (κ3) is 5.71. The van der Waals surface area contributed by atoms with Gasteiger partial charge in [-0.3, -0.25) is 9.05 Å². The van der Waals surface area contributed by atoms with Crippen LogP contribution in [0.3, 0.4) is 0 Å². The Balaban J connectivity index is 2.62. The Labute approximate surface area is 111 Å². The number of thioether (sulfide) groups is 2. The average Bonchev–Trinajstić information content (AvgIpc) is 2.44. The summed E-state index contributed by atoms with van der Waals surface area (Å²) in [6.45, 7) is 6.30. The molecular weight excluding hydrogens is 279 g/mol. The van der Waals surface area contributed by atoms with Crippen molar-refractivity contribution in [2.75, 3.05) is 24.7 Å². The van der Waals surface area contributed by atoms with Crippen molar-refractivity contribution in [3.8, 4) is 0 Å². The summed E-state index contributed by atoms with van der Waals surface area (Å²) < 4.78 is 27.8. The van der Waals surface area contributed by atoms with E-state index in [4.69, 9.17) is 13.6 Å². The molecule has 0 saturated carbocycles. The van der Waals surface area contributed by atoms with Gasteiger partial charge in [0, 0.05) is 16.4 Å². The van der Waals surface area contributed by atoms with Gasteiger partial charge in [0.1, 0.15) is 5.76 Å². The third-order valence-electron chi connectivity index (χ3n) is 1.83. The van der Waals surface area contributed by atoms with Gasteiger partial charge in [0.05, 0.1) is 19.0 Å². The molecule has 0 saturated heterocycles. The Morgan fingerprint density at radius 3 is 2.65 bits per heavy atom. The second-order valence-electron chi connectivity index (χ2n) is 3.42. The number of hydrogen-bond donors (Lipinski definition) is 0. The van der Waals surface area contributed by atoms with Crippen LogP contribution in [0.5, 0.6) is 0 Å². The van der Waals surface area contributed by atoms with E-state index in [2.05, 4.69) is 6.92 Å². The summed E-state index contributed by atoms with van der Waals surface area (Å²) in [5.74, 6) is 2.44. The standard InChI is InChI=1S/C10H19O4PS2/c1-4-12-15(11,13-5-2)14-10-7-16-6-9(3)17-8-10/h8-9H,4-7H2,1-3H3. The maximum absolute atomic E-state index is 12.1. The maximum Gasteiger partial charge on any atom is 0.529 e. The molecule has 7 heteroatoms. The van der Waals surface area contributed by atoms with Crippen LogP contribution in [0.1, 0.15) is 20.8 Å². The van der Waals surface area contributed by atoms with Gasteiger partial charge in [-0.15, -0.1) is 11.8 Å². The van der Waals surface area contributed by atoms with E-state index in [1.165, 1.54) is 0 Å². The molecule has 1 heterocycles. The molecule has 0 spiro atoms. The number of phosphoric ester groups is 1. The summed E-state index contributed by atoms with van der Waals surface area (Å²) in [7, 11) is -3.42. The average molecular weight is 298 g/mol. The van der Waals surface area contributed by atoms with Crippen LogP contribution >= 0.6 is 31.3 Å². The molecule has 17 heavy (non-hydrogen) atoms. The fourth-order valence-electron chi connectivity index (χ4n) is 1.19. The van der Waals surface area contributed by atoms with Crippen molar-refractivity contribution in [3.63, 3.8) is 0 Å². The van der Waals surface area contributed by atoms with Crippen molar-refractivity contribution in [1.29, 1.82) is 0 Å². The van der Waals surface area contributed by atoms with E-state index in [1.54, 1.807) is 37.4 Å². The number of phosphoric acid groups is 1. The molecular formula is C10H19O4PS2. The van der Waals surface area contributed by atoms with Gasteiger partial charge in [-0.05, 0) is 13.8 Å². The first-order valence-corrected chi connectivity index (χ1v) is 9.16. The smallest absolute Gasteiger partial charge is 0.407 e. The van der Waals surface area contributed by atoms with Gasteiger partial charge in [-0.25, -0.2) is 4.57 Å².